The van der Waals surface area contributed by atoms with E-state index >= 15 is 0 Å². The maximum Gasteiger partial charge on any atom is 0.193 e. The standard InChI is InChI=1S/C21H31N5OS/c1-22-20(26-12-10-25(11-13-26)16-18-7-14-27-24-18)23-17-21(8-3-2-4-9-21)19-6-5-15-28-19/h5-7,14-15H,2-4,8-13,16-17H2,1H3,(H,22,23). The van der Waals surface area contributed by atoms with Crippen LogP contribution in [0.2, 0.25) is 0 Å². The smallest absolute Gasteiger partial charge is 0.193 e. The van der Waals surface area contributed by atoms with Gasteiger partial charge in [-0.05, 0) is 24.3 Å². The second kappa shape index (κ2) is 9.09. The minimum atomic E-state index is 0.275. The molecular formula is C21H31N5OS. The molecule has 0 spiro atoms. The number of guanidine groups is 1. The van der Waals surface area contributed by atoms with Crippen molar-refractivity contribution < 1.29 is 4.52 Å². The van der Waals surface area contributed by atoms with E-state index in [0.717, 1.165) is 50.9 Å². The third-order valence-corrected chi connectivity index (χ3v) is 7.32. The highest BCUT2D eigenvalue weighted by molar-refractivity contribution is 7.10. The van der Waals surface area contributed by atoms with Gasteiger partial charge in [0.25, 0.3) is 0 Å². The molecule has 1 saturated carbocycles. The molecule has 2 fully saturated rings. The Kier molecular flexibility index (Phi) is 6.32. The Bertz CT molecular complexity index is 729. The minimum Gasteiger partial charge on any atom is -0.364 e. The number of thiophene rings is 1. The molecule has 0 unspecified atom stereocenters. The third kappa shape index (κ3) is 4.41. The van der Waals surface area contributed by atoms with Crippen molar-refractivity contribution in [2.24, 2.45) is 4.99 Å². The molecule has 0 atom stereocenters. The minimum absolute atomic E-state index is 0.275. The highest BCUT2D eigenvalue weighted by atomic mass is 32.1. The lowest BCUT2D eigenvalue weighted by Gasteiger charge is -2.40. The number of hydrogen-bond acceptors (Lipinski definition) is 5. The van der Waals surface area contributed by atoms with Crippen LogP contribution in [-0.4, -0.2) is 60.7 Å². The molecule has 28 heavy (non-hydrogen) atoms. The first-order valence-electron chi connectivity index (χ1n) is 10.4. The van der Waals surface area contributed by atoms with Gasteiger partial charge in [-0.2, -0.15) is 0 Å². The lowest BCUT2D eigenvalue weighted by molar-refractivity contribution is 0.168. The van der Waals surface area contributed by atoms with E-state index < -0.39 is 0 Å². The lowest BCUT2D eigenvalue weighted by Crippen LogP contribution is -2.54. The molecule has 1 aliphatic heterocycles. The number of piperazine rings is 1. The van der Waals surface area contributed by atoms with Gasteiger partial charge in [0.05, 0.1) is 5.69 Å². The van der Waals surface area contributed by atoms with Gasteiger partial charge in [-0.15, -0.1) is 11.3 Å². The van der Waals surface area contributed by atoms with Crippen LogP contribution in [0.15, 0.2) is 39.4 Å². The summed E-state index contributed by atoms with van der Waals surface area (Å²) in [6.45, 7) is 5.86. The van der Waals surface area contributed by atoms with Crippen LogP contribution >= 0.6 is 11.3 Å². The Morgan fingerprint density at radius 3 is 2.68 bits per heavy atom. The number of hydrogen-bond donors (Lipinski definition) is 1. The van der Waals surface area contributed by atoms with Gasteiger partial charge in [-0.25, -0.2) is 0 Å². The Morgan fingerprint density at radius 2 is 2.04 bits per heavy atom. The van der Waals surface area contributed by atoms with Gasteiger partial charge in [0.1, 0.15) is 6.26 Å². The molecule has 4 rings (SSSR count). The number of nitrogens with one attached hydrogen (secondary N) is 1. The van der Waals surface area contributed by atoms with E-state index in [1.807, 2.05) is 24.5 Å². The average molecular weight is 402 g/mol. The van der Waals surface area contributed by atoms with Crippen molar-refractivity contribution in [3.63, 3.8) is 0 Å². The van der Waals surface area contributed by atoms with Crippen molar-refractivity contribution in [1.82, 2.24) is 20.3 Å². The van der Waals surface area contributed by atoms with E-state index in [4.69, 9.17) is 4.52 Å². The quantitative estimate of drug-likeness (QED) is 0.615. The maximum absolute atomic E-state index is 4.95. The topological polar surface area (TPSA) is 56.9 Å². The fraction of sp³-hybridized carbons (Fsp3) is 0.619. The molecule has 6 nitrogen and oxygen atoms in total. The van der Waals surface area contributed by atoms with E-state index in [1.54, 1.807) is 6.26 Å². The summed E-state index contributed by atoms with van der Waals surface area (Å²) in [6.07, 6.45) is 8.24. The van der Waals surface area contributed by atoms with E-state index in [9.17, 15) is 0 Å². The first-order valence-corrected chi connectivity index (χ1v) is 11.3. The summed E-state index contributed by atoms with van der Waals surface area (Å²) in [6, 6.07) is 6.46. The van der Waals surface area contributed by atoms with Crippen LogP contribution in [0.1, 0.15) is 42.7 Å². The fourth-order valence-corrected chi connectivity index (χ4v) is 5.55. The average Bonchev–Trinajstić information content (AvgIpc) is 3.45. The van der Waals surface area contributed by atoms with Gasteiger partial charge in [-0.3, -0.25) is 9.89 Å². The van der Waals surface area contributed by atoms with Crippen LogP contribution in [0.3, 0.4) is 0 Å². The molecule has 0 bridgehead atoms. The van der Waals surface area contributed by atoms with E-state index in [-0.39, 0.29) is 5.41 Å². The van der Waals surface area contributed by atoms with Crippen molar-refractivity contribution >= 4 is 17.3 Å². The molecule has 2 aliphatic rings. The predicted molar refractivity (Wildman–Crippen MR) is 114 cm³/mol. The predicted octanol–water partition coefficient (Wildman–Crippen LogP) is 3.33. The summed E-state index contributed by atoms with van der Waals surface area (Å²) in [5.41, 5.74) is 1.28. The second-order valence-corrected chi connectivity index (χ2v) is 8.92. The highest BCUT2D eigenvalue weighted by Crippen LogP contribution is 2.41. The van der Waals surface area contributed by atoms with Crippen molar-refractivity contribution in [1.29, 1.82) is 0 Å². The molecular weight excluding hydrogens is 370 g/mol. The molecule has 3 heterocycles. The van der Waals surface area contributed by atoms with Crippen molar-refractivity contribution in [2.75, 3.05) is 39.8 Å². The number of nitrogens with zero attached hydrogens (tertiary/aromatic N) is 4. The zero-order chi connectivity index (χ0) is 19.2. The van der Waals surface area contributed by atoms with E-state index in [0.29, 0.717) is 0 Å². The summed E-state index contributed by atoms with van der Waals surface area (Å²) >= 11 is 1.91. The third-order valence-electron chi connectivity index (χ3n) is 6.20. The van der Waals surface area contributed by atoms with Crippen molar-refractivity contribution in [3.05, 3.63) is 40.4 Å². The van der Waals surface area contributed by atoms with E-state index in [1.165, 1.54) is 37.0 Å². The van der Waals surface area contributed by atoms with Gasteiger partial charge in [0.2, 0.25) is 0 Å². The first kappa shape index (κ1) is 19.5. The fourth-order valence-electron chi connectivity index (χ4n) is 4.57. The summed E-state index contributed by atoms with van der Waals surface area (Å²) < 4.78 is 4.95. The van der Waals surface area contributed by atoms with Crippen LogP contribution in [0.4, 0.5) is 0 Å². The monoisotopic (exact) mass is 401 g/mol. The molecule has 1 N–H and O–H groups in total. The molecule has 1 saturated heterocycles. The molecule has 1 aliphatic carbocycles. The van der Waals surface area contributed by atoms with Crippen LogP contribution < -0.4 is 5.32 Å². The zero-order valence-corrected chi connectivity index (χ0v) is 17.6. The maximum atomic E-state index is 4.95. The summed E-state index contributed by atoms with van der Waals surface area (Å²) in [5.74, 6) is 1.04. The Hall–Kier alpha value is -1.86. The van der Waals surface area contributed by atoms with Crippen LogP contribution in [0.5, 0.6) is 0 Å². The van der Waals surface area contributed by atoms with E-state index in [2.05, 4.69) is 42.8 Å². The molecule has 7 heteroatoms. The molecule has 2 aromatic rings. The molecule has 152 valence electrons. The molecule has 0 amide bonds. The second-order valence-electron chi connectivity index (χ2n) is 7.97. The first-order chi connectivity index (χ1) is 13.8. The zero-order valence-electron chi connectivity index (χ0n) is 16.8. The highest BCUT2D eigenvalue weighted by Gasteiger charge is 2.35. The van der Waals surface area contributed by atoms with Gasteiger partial charge < -0.3 is 14.7 Å². The summed E-state index contributed by atoms with van der Waals surface area (Å²) in [7, 11) is 1.91. The normalized spacial score (nSPS) is 21.0. The largest absolute Gasteiger partial charge is 0.364 e. The molecule has 0 aromatic carbocycles. The number of rotatable bonds is 5. The van der Waals surface area contributed by atoms with Crippen molar-refractivity contribution in [2.45, 2.75) is 44.1 Å². The lowest BCUT2D eigenvalue weighted by atomic mass is 9.73. The van der Waals surface area contributed by atoms with Crippen LogP contribution in [-0.2, 0) is 12.0 Å². The number of aromatic nitrogens is 1. The Labute approximate surface area is 171 Å². The summed E-state index contributed by atoms with van der Waals surface area (Å²) in [5, 5.41) is 9.98. The van der Waals surface area contributed by atoms with Gasteiger partial charge in [-0.1, -0.05) is 30.5 Å². The number of aliphatic imine (C=N–C) groups is 1. The van der Waals surface area contributed by atoms with Crippen LogP contribution in [0, 0.1) is 0 Å². The van der Waals surface area contributed by atoms with Gasteiger partial charge in [0, 0.05) is 62.7 Å². The Morgan fingerprint density at radius 1 is 1.21 bits per heavy atom. The van der Waals surface area contributed by atoms with Crippen LogP contribution in [0.25, 0.3) is 0 Å². The Balaban J connectivity index is 1.33. The van der Waals surface area contributed by atoms with Gasteiger partial charge >= 0.3 is 0 Å². The SMILES string of the molecule is CN=C(NCC1(c2cccs2)CCCCC1)N1CCN(Cc2ccon2)CC1. The molecule has 2 aromatic heterocycles. The van der Waals surface area contributed by atoms with Gasteiger partial charge in [0.15, 0.2) is 5.96 Å². The summed E-state index contributed by atoms with van der Waals surface area (Å²) in [4.78, 5) is 11.0. The molecule has 0 radical (unpaired) electrons. The van der Waals surface area contributed by atoms with Crippen molar-refractivity contribution in [3.8, 4) is 0 Å².